The number of rotatable bonds is 3. The van der Waals surface area contributed by atoms with Gasteiger partial charge in [-0.25, -0.2) is 0 Å². The van der Waals surface area contributed by atoms with Gasteiger partial charge in [0.25, 0.3) is 0 Å². The minimum Gasteiger partial charge on any atom is -0.398 e. The summed E-state index contributed by atoms with van der Waals surface area (Å²) in [5.74, 6) is -0.0387. The SMILES string of the molecule is CC(C(=O)N1CCCCCC1)S(=O)c1ccc(N)c(Cl)c1. The van der Waals surface area contributed by atoms with E-state index in [1.807, 2.05) is 4.90 Å². The van der Waals surface area contributed by atoms with Gasteiger partial charge in [0, 0.05) is 18.0 Å². The molecule has 2 rings (SSSR count). The van der Waals surface area contributed by atoms with Crippen molar-refractivity contribution in [2.75, 3.05) is 18.8 Å². The van der Waals surface area contributed by atoms with Crippen LogP contribution in [0.25, 0.3) is 0 Å². The molecule has 4 nitrogen and oxygen atoms in total. The molecule has 0 aliphatic carbocycles. The van der Waals surface area contributed by atoms with Gasteiger partial charge < -0.3 is 10.6 Å². The second-order valence-corrected chi connectivity index (χ2v) is 7.54. The monoisotopic (exact) mass is 328 g/mol. The highest BCUT2D eigenvalue weighted by Gasteiger charge is 2.27. The maximum Gasteiger partial charge on any atom is 0.238 e. The zero-order chi connectivity index (χ0) is 15.4. The number of hydrogen-bond donors (Lipinski definition) is 1. The van der Waals surface area contributed by atoms with E-state index in [1.165, 1.54) is 0 Å². The van der Waals surface area contributed by atoms with Gasteiger partial charge in [-0.05, 0) is 38.0 Å². The number of benzene rings is 1. The number of nitrogens with two attached hydrogens (primary N) is 1. The van der Waals surface area contributed by atoms with Crippen molar-refractivity contribution >= 4 is 34.0 Å². The average Bonchev–Trinajstić information content (AvgIpc) is 2.77. The number of carbonyl (C=O) groups is 1. The first kappa shape index (κ1) is 16.3. The highest BCUT2D eigenvalue weighted by atomic mass is 35.5. The Balaban J connectivity index is 2.10. The fraction of sp³-hybridized carbons (Fsp3) is 0.533. The van der Waals surface area contributed by atoms with Gasteiger partial charge in [-0.2, -0.15) is 0 Å². The molecular weight excluding hydrogens is 308 g/mol. The van der Waals surface area contributed by atoms with Gasteiger partial charge in [0.05, 0.1) is 21.5 Å². The molecule has 1 amide bonds. The molecule has 1 aliphatic rings. The van der Waals surface area contributed by atoms with Crippen LogP contribution in [0.15, 0.2) is 23.1 Å². The minimum absolute atomic E-state index is 0.0387. The van der Waals surface area contributed by atoms with Crippen LogP contribution in [0.2, 0.25) is 5.02 Å². The Morgan fingerprint density at radius 3 is 2.48 bits per heavy atom. The lowest BCUT2D eigenvalue weighted by Crippen LogP contribution is -2.40. The van der Waals surface area contributed by atoms with Crippen LogP contribution in [0.3, 0.4) is 0 Å². The van der Waals surface area contributed by atoms with E-state index in [4.69, 9.17) is 17.3 Å². The molecule has 1 aromatic rings. The van der Waals surface area contributed by atoms with Crippen molar-refractivity contribution in [2.45, 2.75) is 42.8 Å². The molecule has 1 fully saturated rings. The zero-order valence-corrected chi connectivity index (χ0v) is 13.8. The molecule has 1 aliphatic heterocycles. The predicted octanol–water partition coefficient (Wildman–Crippen LogP) is 2.82. The topological polar surface area (TPSA) is 63.4 Å². The molecule has 1 aromatic carbocycles. The molecule has 21 heavy (non-hydrogen) atoms. The number of nitrogen functional groups attached to an aromatic ring is 1. The standard InChI is InChI=1S/C15H21ClN2O2S/c1-11(15(19)18-8-4-2-3-5-9-18)21(20)12-6-7-14(17)13(16)10-12/h6-7,10-11H,2-5,8-9,17H2,1H3. The molecular formula is C15H21ClN2O2S. The fourth-order valence-electron chi connectivity index (χ4n) is 2.48. The Hall–Kier alpha value is -1.07. The molecule has 2 unspecified atom stereocenters. The van der Waals surface area contributed by atoms with E-state index in [0.29, 0.717) is 15.6 Å². The Morgan fingerprint density at radius 1 is 1.29 bits per heavy atom. The van der Waals surface area contributed by atoms with E-state index in [-0.39, 0.29) is 5.91 Å². The van der Waals surface area contributed by atoms with Gasteiger partial charge in [0.15, 0.2) is 0 Å². The number of carbonyl (C=O) groups excluding carboxylic acids is 1. The summed E-state index contributed by atoms with van der Waals surface area (Å²) in [6.07, 6.45) is 4.38. The number of anilines is 1. The van der Waals surface area contributed by atoms with Crippen LogP contribution in [0.1, 0.15) is 32.6 Å². The van der Waals surface area contributed by atoms with Crippen molar-refractivity contribution in [1.82, 2.24) is 4.90 Å². The summed E-state index contributed by atoms with van der Waals surface area (Å²) in [4.78, 5) is 14.9. The van der Waals surface area contributed by atoms with Crippen molar-refractivity contribution in [3.05, 3.63) is 23.2 Å². The number of likely N-dealkylation sites (tertiary alicyclic amines) is 1. The number of nitrogens with zero attached hydrogens (tertiary/aromatic N) is 1. The number of hydrogen-bond acceptors (Lipinski definition) is 3. The molecule has 6 heteroatoms. The van der Waals surface area contributed by atoms with Crippen LogP contribution in [-0.2, 0) is 15.6 Å². The zero-order valence-electron chi connectivity index (χ0n) is 12.2. The van der Waals surface area contributed by atoms with Crippen LogP contribution >= 0.6 is 11.6 Å². The minimum atomic E-state index is -1.42. The second kappa shape index (κ2) is 7.27. The number of halogens is 1. The van der Waals surface area contributed by atoms with E-state index in [2.05, 4.69) is 0 Å². The first-order chi connectivity index (χ1) is 10.0. The Bertz CT molecular complexity index is 542. The van der Waals surface area contributed by atoms with E-state index in [0.717, 1.165) is 38.8 Å². The van der Waals surface area contributed by atoms with Gasteiger partial charge in [-0.1, -0.05) is 24.4 Å². The van der Waals surface area contributed by atoms with Crippen LogP contribution in [0, 0.1) is 0 Å². The van der Waals surface area contributed by atoms with E-state index < -0.39 is 16.0 Å². The van der Waals surface area contributed by atoms with Gasteiger partial charge in [0.2, 0.25) is 5.91 Å². The molecule has 116 valence electrons. The molecule has 0 aromatic heterocycles. The van der Waals surface area contributed by atoms with Crippen molar-refractivity contribution in [3.8, 4) is 0 Å². The largest absolute Gasteiger partial charge is 0.398 e. The third-order valence-electron chi connectivity index (χ3n) is 3.79. The summed E-state index contributed by atoms with van der Waals surface area (Å²) < 4.78 is 12.5. The average molecular weight is 329 g/mol. The quantitative estimate of drug-likeness (QED) is 0.868. The van der Waals surface area contributed by atoms with E-state index in [9.17, 15) is 9.00 Å². The summed E-state index contributed by atoms with van der Waals surface area (Å²) >= 11 is 5.96. The summed E-state index contributed by atoms with van der Waals surface area (Å²) in [6, 6.07) is 4.88. The molecule has 1 heterocycles. The van der Waals surface area contributed by atoms with Crippen LogP contribution in [0.5, 0.6) is 0 Å². The molecule has 2 N–H and O–H groups in total. The van der Waals surface area contributed by atoms with Gasteiger partial charge in [-0.3, -0.25) is 9.00 Å². The molecule has 0 bridgehead atoms. The van der Waals surface area contributed by atoms with Crippen molar-refractivity contribution in [1.29, 1.82) is 0 Å². The Labute approximate surface area is 133 Å². The summed E-state index contributed by atoms with van der Waals surface area (Å²) in [6.45, 7) is 3.25. The van der Waals surface area contributed by atoms with Gasteiger partial charge >= 0.3 is 0 Å². The Kier molecular flexibility index (Phi) is 5.65. The molecule has 0 saturated carbocycles. The second-order valence-electron chi connectivity index (χ2n) is 5.36. The van der Waals surface area contributed by atoms with Crippen LogP contribution in [-0.4, -0.2) is 33.4 Å². The van der Waals surface area contributed by atoms with Crippen molar-refractivity contribution in [3.63, 3.8) is 0 Å². The van der Waals surface area contributed by atoms with Gasteiger partial charge in [0.1, 0.15) is 5.25 Å². The predicted molar refractivity (Wildman–Crippen MR) is 86.8 cm³/mol. The fourth-order valence-corrected chi connectivity index (χ4v) is 3.90. The summed E-state index contributed by atoms with van der Waals surface area (Å²) in [7, 11) is -1.42. The normalized spacial score (nSPS) is 18.9. The molecule has 2 atom stereocenters. The maximum atomic E-state index is 12.5. The molecule has 0 spiro atoms. The third kappa shape index (κ3) is 3.98. The lowest BCUT2D eigenvalue weighted by atomic mass is 10.2. The van der Waals surface area contributed by atoms with E-state index in [1.54, 1.807) is 25.1 Å². The van der Waals surface area contributed by atoms with Crippen LogP contribution in [0.4, 0.5) is 5.69 Å². The molecule has 1 saturated heterocycles. The van der Waals surface area contributed by atoms with Gasteiger partial charge in [-0.15, -0.1) is 0 Å². The lowest BCUT2D eigenvalue weighted by molar-refractivity contribution is -0.130. The van der Waals surface area contributed by atoms with Crippen molar-refractivity contribution < 1.29 is 9.00 Å². The first-order valence-electron chi connectivity index (χ1n) is 7.25. The third-order valence-corrected chi connectivity index (χ3v) is 5.68. The maximum absolute atomic E-state index is 12.5. The lowest BCUT2D eigenvalue weighted by Gasteiger charge is -2.23. The highest BCUT2D eigenvalue weighted by Crippen LogP contribution is 2.23. The van der Waals surface area contributed by atoms with Crippen LogP contribution < -0.4 is 5.73 Å². The highest BCUT2D eigenvalue weighted by molar-refractivity contribution is 7.86. The summed E-state index contributed by atoms with van der Waals surface area (Å²) in [5, 5.41) is -0.196. The Morgan fingerprint density at radius 2 is 1.90 bits per heavy atom. The van der Waals surface area contributed by atoms with Crippen molar-refractivity contribution in [2.24, 2.45) is 0 Å². The van der Waals surface area contributed by atoms with E-state index >= 15 is 0 Å². The summed E-state index contributed by atoms with van der Waals surface area (Å²) in [5.41, 5.74) is 6.10. The molecule has 0 radical (unpaired) electrons. The smallest absolute Gasteiger partial charge is 0.238 e. The number of amides is 1. The first-order valence-corrected chi connectivity index (χ1v) is 8.84.